The summed E-state index contributed by atoms with van der Waals surface area (Å²) < 4.78 is 0. The van der Waals surface area contributed by atoms with E-state index in [1.54, 1.807) is 0 Å². The highest BCUT2D eigenvalue weighted by Crippen LogP contribution is 2.12. The molecule has 0 aliphatic rings. The number of aliphatic hydroxyl groups is 1. The molecule has 0 saturated heterocycles. The molecule has 0 saturated carbocycles. The van der Waals surface area contributed by atoms with E-state index < -0.39 is 24.1 Å². The minimum atomic E-state index is -1.30. The zero-order valence-electron chi connectivity index (χ0n) is 10.9. The van der Waals surface area contributed by atoms with Gasteiger partial charge in [0.1, 0.15) is 0 Å². The highest BCUT2D eigenvalue weighted by Gasteiger charge is 2.26. The van der Waals surface area contributed by atoms with E-state index in [2.05, 4.69) is 5.32 Å². The zero-order chi connectivity index (χ0) is 14.4. The molecule has 1 heterocycles. The van der Waals surface area contributed by atoms with Crippen molar-refractivity contribution in [3.8, 4) is 0 Å². The van der Waals surface area contributed by atoms with Crippen LogP contribution < -0.4 is 5.32 Å². The fourth-order valence-electron chi connectivity index (χ4n) is 1.53. The number of carbonyl (C=O) groups excluding carboxylic acids is 1. The molecule has 2 atom stereocenters. The van der Waals surface area contributed by atoms with Crippen molar-refractivity contribution in [2.75, 3.05) is 6.54 Å². The number of hydrogen-bond acceptors (Lipinski definition) is 4. The highest BCUT2D eigenvalue weighted by atomic mass is 32.1. The number of nitrogens with one attached hydrogen (secondary N) is 1. The monoisotopic (exact) mass is 286 g/mol. The van der Waals surface area contributed by atoms with Crippen molar-refractivity contribution in [2.45, 2.75) is 32.5 Å². The van der Waals surface area contributed by atoms with Crippen LogP contribution in [0.15, 0.2) is 17.5 Å². The number of thiophene rings is 1. The first-order chi connectivity index (χ1) is 8.95. The van der Waals surface area contributed by atoms with Crippen LogP contribution in [0.4, 0.5) is 4.79 Å². The first-order valence-corrected chi connectivity index (χ1v) is 6.82. The molecule has 0 aliphatic carbocycles. The number of nitrogens with zero attached hydrogens (tertiary/aromatic N) is 1. The van der Waals surface area contributed by atoms with Crippen molar-refractivity contribution in [3.63, 3.8) is 0 Å². The highest BCUT2D eigenvalue weighted by molar-refractivity contribution is 7.09. The van der Waals surface area contributed by atoms with E-state index in [-0.39, 0.29) is 0 Å². The lowest BCUT2D eigenvalue weighted by Crippen LogP contribution is -2.52. The molecule has 1 aromatic heterocycles. The van der Waals surface area contributed by atoms with Crippen LogP contribution in [0.3, 0.4) is 0 Å². The first-order valence-electron chi connectivity index (χ1n) is 5.94. The summed E-state index contributed by atoms with van der Waals surface area (Å²) in [5.41, 5.74) is 0. The van der Waals surface area contributed by atoms with Crippen LogP contribution >= 0.6 is 11.3 Å². The topological polar surface area (TPSA) is 89.9 Å². The van der Waals surface area contributed by atoms with Gasteiger partial charge in [-0.2, -0.15) is 0 Å². The Balaban J connectivity index is 2.65. The second-order valence-corrected chi connectivity index (χ2v) is 5.13. The Morgan fingerprint density at radius 1 is 1.53 bits per heavy atom. The van der Waals surface area contributed by atoms with Gasteiger partial charge in [-0.15, -0.1) is 11.3 Å². The van der Waals surface area contributed by atoms with Crippen LogP contribution in [0, 0.1) is 0 Å². The summed E-state index contributed by atoms with van der Waals surface area (Å²) >= 11 is 1.53. The smallest absolute Gasteiger partial charge is 0.328 e. The van der Waals surface area contributed by atoms with Gasteiger partial charge in [0, 0.05) is 11.4 Å². The predicted octanol–water partition coefficient (Wildman–Crippen LogP) is 1.11. The quantitative estimate of drug-likeness (QED) is 0.731. The standard InChI is InChI=1S/C12H18N2O4S/c1-3-14(7-9-5-4-6-19-9)12(18)13-10(8(2)15)11(16)17/h4-6,8,10,15H,3,7H2,1-2H3,(H,13,18)(H,16,17). The number of aliphatic hydroxyl groups excluding tert-OH is 1. The largest absolute Gasteiger partial charge is 0.480 e. The molecule has 2 unspecified atom stereocenters. The molecule has 0 bridgehead atoms. The van der Waals surface area contributed by atoms with Crippen molar-refractivity contribution in [2.24, 2.45) is 0 Å². The van der Waals surface area contributed by atoms with Gasteiger partial charge >= 0.3 is 12.0 Å². The molecule has 2 amide bonds. The molecule has 0 aliphatic heterocycles. The Morgan fingerprint density at radius 3 is 2.63 bits per heavy atom. The van der Waals surface area contributed by atoms with Gasteiger partial charge in [0.05, 0.1) is 12.6 Å². The van der Waals surface area contributed by atoms with Crippen molar-refractivity contribution >= 4 is 23.3 Å². The van der Waals surface area contributed by atoms with Gasteiger partial charge in [-0.3, -0.25) is 0 Å². The molecule has 1 rings (SSSR count). The van der Waals surface area contributed by atoms with Crippen LogP contribution in [-0.4, -0.2) is 45.8 Å². The van der Waals surface area contributed by atoms with Gasteiger partial charge in [-0.05, 0) is 25.3 Å². The van der Waals surface area contributed by atoms with Crippen LogP contribution in [-0.2, 0) is 11.3 Å². The summed E-state index contributed by atoms with van der Waals surface area (Å²) in [4.78, 5) is 25.4. The molecular formula is C12H18N2O4S. The molecule has 0 radical (unpaired) electrons. The molecule has 7 heteroatoms. The summed E-state index contributed by atoms with van der Waals surface area (Å²) in [6, 6.07) is 2.00. The van der Waals surface area contributed by atoms with E-state index in [0.717, 1.165) is 4.88 Å². The normalized spacial score (nSPS) is 13.6. The molecule has 106 valence electrons. The van der Waals surface area contributed by atoms with E-state index in [1.807, 2.05) is 24.4 Å². The Morgan fingerprint density at radius 2 is 2.21 bits per heavy atom. The average Bonchev–Trinajstić information content (AvgIpc) is 2.84. The number of urea groups is 1. The van der Waals surface area contributed by atoms with Crippen LogP contribution in [0.1, 0.15) is 18.7 Å². The fourth-order valence-corrected chi connectivity index (χ4v) is 2.25. The maximum Gasteiger partial charge on any atom is 0.328 e. The van der Waals surface area contributed by atoms with E-state index in [1.165, 1.54) is 23.2 Å². The average molecular weight is 286 g/mol. The van der Waals surface area contributed by atoms with E-state index in [4.69, 9.17) is 5.11 Å². The molecule has 0 fully saturated rings. The van der Waals surface area contributed by atoms with Gasteiger partial charge in [-0.25, -0.2) is 9.59 Å². The van der Waals surface area contributed by atoms with Crippen molar-refractivity contribution in [1.29, 1.82) is 0 Å². The molecule has 19 heavy (non-hydrogen) atoms. The number of carboxylic acids is 1. The van der Waals surface area contributed by atoms with Crippen molar-refractivity contribution < 1.29 is 19.8 Å². The summed E-state index contributed by atoms with van der Waals surface area (Å²) in [7, 11) is 0. The lowest BCUT2D eigenvalue weighted by Gasteiger charge is -2.24. The van der Waals surface area contributed by atoms with Crippen LogP contribution in [0.2, 0.25) is 0 Å². The third kappa shape index (κ3) is 4.53. The molecule has 3 N–H and O–H groups in total. The maximum absolute atomic E-state index is 12.0. The third-order valence-electron chi connectivity index (χ3n) is 2.62. The zero-order valence-corrected chi connectivity index (χ0v) is 11.7. The summed E-state index contributed by atoms with van der Waals surface area (Å²) in [5, 5.41) is 22.5. The minimum Gasteiger partial charge on any atom is -0.480 e. The Bertz CT molecular complexity index is 419. The number of amides is 2. The van der Waals surface area contributed by atoms with Crippen molar-refractivity contribution in [1.82, 2.24) is 10.2 Å². The Labute approximate surface area is 115 Å². The molecule has 0 spiro atoms. The minimum absolute atomic E-state index is 0.423. The molecular weight excluding hydrogens is 268 g/mol. The van der Waals surface area contributed by atoms with E-state index >= 15 is 0 Å². The second kappa shape index (κ2) is 7.10. The second-order valence-electron chi connectivity index (χ2n) is 4.10. The van der Waals surface area contributed by atoms with Gasteiger partial charge in [-0.1, -0.05) is 6.07 Å². The Kier molecular flexibility index (Phi) is 5.78. The third-order valence-corrected chi connectivity index (χ3v) is 3.48. The van der Waals surface area contributed by atoms with Crippen LogP contribution in [0.5, 0.6) is 0 Å². The van der Waals surface area contributed by atoms with E-state index in [9.17, 15) is 14.7 Å². The van der Waals surface area contributed by atoms with Gasteiger partial charge in [0.15, 0.2) is 6.04 Å². The van der Waals surface area contributed by atoms with Gasteiger partial charge in [0.25, 0.3) is 0 Å². The summed E-state index contributed by atoms with van der Waals surface area (Å²) in [6.45, 7) is 4.02. The molecule has 0 aromatic carbocycles. The molecule has 1 aromatic rings. The van der Waals surface area contributed by atoms with Gasteiger partial charge < -0.3 is 20.4 Å². The number of carbonyl (C=O) groups is 2. The fraction of sp³-hybridized carbons (Fsp3) is 0.500. The number of carboxylic acid groups (broad SMARTS) is 1. The summed E-state index contributed by atoms with van der Waals surface area (Å²) in [5.74, 6) is -1.25. The number of rotatable bonds is 6. The molecule has 6 nitrogen and oxygen atoms in total. The van der Waals surface area contributed by atoms with Gasteiger partial charge in [0.2, 0.25) is 0 Å². The van der Waals surface area contributed by atoms with Crippen LogP contribution in [0.25, 0.3) is 0 Å². The Hall–Kier alpha value is -1.60. The van der Waals surface area contributed by atoms with E-state index in [0.29, 0.717) is 13.1 Å². The maximum atomic E-state index is 12.0. The lowest BCUT2D eigenvalue weighted by molar-refractivity contribution is -0.141. The SMILES string of the molecule is CCN(Cc1cccs1)C(=O)NC(C(=O)O)C(C)O. The van der Waals surface area contributed by atoms with Crippen molar-refractivity contribution in [3.05, 3.63) is 22.4 Å². The lowest BCUT2D eigenvalue weighted by atomic mass is 10.2. The number of aliphatic carboxylic acids is 1. The number of hydrogen-bond donors (Lipinski definition) is 3. The predicted molar refractivity (Wildman–Crippen MR) is 72.0 cm³/mol. The summed E-state index contributed by atoms with van der Waals surface area (Å²) in [6.07, 6.45) is -1.15. The first kappa shape index (κ1) is 15.5.